The minimum absolute atomic E-state index is 0.0212. The average Bonchev–Trinajstić information content (AvgIpc) is 3.55. The van der Waals surface area contributed by atoms with E-state index in [-0.39, 0.29) is 41.5 Å². The molecule has 1 aliphatic heterocycles. The SMILES string of the molecule is CCC(=O)c1cnc(CC(=O)C2CC2)c2[nH]c(-c3ccc(C(=O)N4CC(F)(F)C4)cc3F)cc12. The third kappa shape index (κ3) is 3.99. The van der Waals surface area contributed by atoms with Gasteiger partial charge >= 0.3 is 0 Å². The van der Waals surface area contributed by atoms with Crippen LogP contribution in [0.4, 0.5) is 13.2 Å². The van der Waals surface area contributed by atoms with Crippen LogP contribution >= 0.6 is 0 Å². The van der Waals surface area contributed by atoms with Crippen LogP contribution in [-0.2, 0) is 11.2 Å². The Bertz CT molecular complexity index is 1340. The highest BCUT2D eigenvalue weighted by Gasteiger charge is 2.46. The highest BCUT2D eigenvalue weighted by molar-refractivity contribution is 6.09. The molecule has 2 aromatic heterocycles. The molecule has 2 aliphatic rings. The molecule has 2 fully saturated rings. The molecule has 176 valence electrons. The number of likely N-dealkylation sites (tertiary alicyclic amines) is 1. The minimum atomic E-state index is -2.90. The van der Waals surface area contributed by atoms with Crippen molar-refractivity contribution in [2.45, 2.75) is 38.5 Å². The summed E-state index contributed by atoms with van der Waals surface area (Å²) in [5, 5.41) is 0.554. The van der Waals surface area contributed by atoms with Gasteiger partial charge in [0, 0.05) is 46.3 Å². The van der Waals surface area contributed by atoms with Crippen molar-refractivity contribution in [3.63, 3.8) is 0 Å². The van der Waals surface area contributed by atoms with Gasteiger partial charge in [-0.05, 0) is 37.1 Å². The fourth-order valence-corrected chi connectivity index (χ4v) is 4.28. The summed E-state index contributed by atoms with van der Waals surface area (Å²) in [6.45, 7) is 0.372. The molecule has 0 unspecified atom stereocenters. The number of rotatable bonds is 7. The number of ketones is 2. The number of Topliss-reactive ketones (excluding diaryl/α,β-unsaturated/α-hetero) is 2. The van der Waals surface area contributed by atoms with Crippen molar-refractivity contribution in [2.24, 2.45) is 5.92 Å². The molecule has 6 nitrogen and oxygen atoms in total. The van der Waals surface area contributed by atoms with Crippen LogP contribution < -0.4 is 0 Å². The zero-order valence-corrected chi connectivity index (χ0v) is 18.5. The molecule has 34 heavy (non-hydrogen) atoms. The van der Waals surface area contributed by atoms with Crippen LogP contribution in [0.5, 0.6) is 0 Å². The van der Waals surface area contributed by atoms with E-state index < -0.39 is 30.7 Å². The predicted octanol–water partition coefficient (Wildman–Crippen LogP) is 4.57. The Morgan fingerprint density at radius 2 is 1.91 bits per heavy atom. The molecule has 1 saturated heterocycles. The molecule has 1 N–H and O–H groups in total. The van der Waals surface area contributed by atoms with Crippen LogP contribution in [0.2, 0.25) is 0 Å². The average molecular weight is 469 g/mol. The van der Waals surface area contributed by atoms with Crippen molar-refractivity contribution in [3.05, 3.63) is 53.1 Å². The maximum atomic E-state index is 15.0. The van der Waals surface area contributed by atoms with Gasteiger partial charge < -0.3 is 9.88 Å². The highest BCUT2D eigenvalue weighted by Crippen LogP contribution is 2.34. The molecule has 1 aliphatic carbocycles. The van der Waals surface area contributed by atoms with Gasteiger partial charge in [-0.2, -0.15) is 0 Å². The first-order chi connectivity index (χ1) is 16.2. The summed E-state index contributed by atoms with van der Waals surface area (Å²) in [6, 6.07) is 5.44. The van der Waals surface area contributed by atoms with E-state index in [4.69, 9.17) is 0 Å². The summed E-state index contributed by atoms with van der Waals surface area (Å²) < 4.78 is 41.2. The molecular weight excluding hydrogens is 447 g/mol. The number of fused-ring (bicyclic) bond motifs is 1. The first kappa shape index (κ1) is 22.3. The van der Waals surface area contributed by atoms with Crippen LogP contribution in [-0.4, -0.2) is 51.4 Å². The molecule has 0 bridgehead atoms. The Kier molecular flexibility index (Phi) is 5.30. The number of H-pyrrole nitrogens is 1. The fourth-order valence-electron chi connectivity index (χ4n) is 4.28. The zero-order valence-electron chi connectivity index (χ0n) is 18.5. The van der Waals surface area contributed by atoms with Crippen molar-refractivity contribution in [1.82, 2.24) is 14.9 Å². The second kappa shape index (κ2) is 8.07. The van der Waals surface area contributed by atoms with Crippen molar-refractivity contribution < 1.29 is 27.6 Å². The number of amides is 1. The van der Waals surface area contributed by atoms with Gasteiger partial charge in [0.2, 0.25) is 0 Å². The second-order valence-corrected chi connectivity index (χ2v) is 9.00. The molecule has 9 heteroatoms. The normalized spacial score (nSPS) is 17.0. The van der Waals surface area contributed by atoms with E-state index >= 15 is 4.39 Å². The number of benzene rings is 1. The van der Waals surface area contributed by atoms with Gasteiger partial charge in [-0.3, -0.25) is 19.4 Å². The number of alkyl halides is 2. The van der Waals surface area contributed by atoms with E-state index in [0.29, 0.717) is 27.9 Å². The van der Waals surface area contributed by atoms with Crippen LogP contribution in [0.15, 0.2) is 30.5 Å². The zero-order chi connectivity index (χ0) is 24.2. The maximum absolute atomic E-state index is 15.0. The quantitative estimate of drug-likeness (QED) is 0.514. The number of aromatic nitrogens is 2. The fraction of sp³-hybridized carbons (Fsp3) is 0.360. The summed E-state index contributed by atoms with van der Waals surface area (Å²) in [5.41, 5.74) is 1.87. The molecule has 1 saturated carbocycles. The maximum Gasteiger partial charge on any atom is 0.282 e. The van der Waals surface area contributed by atoms with Gasteiger partial charge in [0.25, 0.3) is 11.8 Å². The topological polar surface area (TPSA) is 83.1 Å². The molecule has 1 aromatic carbocycles. The lowest BCUT2D eigenvalue weighted by Gasteiger charge is -2.38. The lowest BCUT2D eigenvalue weighted by atomic mass is 10.0. The smallest absolute Gasteiger partial charge is 0.282 e. The van der Waals surface area contributed by atoms with Gasteiger partial charge in [-0.15, -0.1) is 0 Å². The largest absolute Gasteiger partial charge is 0.353 e. The lowest BCUT2D eigenvalue weighted by Crippen LogP contribution is -2.58. The van der Waals surface area contributed by atoms with E-state index in [2.05, 4.69) is 9.97 Å². The van der Waals surface area contributed by atoms with Crippen LogP contribution in [0.3, 0.4) is 0 Å². The third-order valence-electron chi connectivity index (χ3n) is 6.38. The molecular formula is C25H22F3N3O3. The van der Waals surface area contributed by atoms with E-state index in [1.807, 2.05) is 0 Å². The Morgan fingerprint density at radius 3 is 2.53 bits per heavy atom. The van der Waals surface area contributed by atoms with Gasteiger partial charge in [0.15, 0.2) is 5.78 Å². The molecule has 3 heterocycles. The summed E-state index contributed by atoms with van der Waals surface area (Å²) in [6.07, 6.45) is 3.59. The molecule has 0 atom stereocenters. The first-order valence-corrected chi connectivity index (χ1v) is 11.2. The summed E-state index contributed by atoms with van der Waals surface area (Å²) in [5.74, 6) is -4.26. The predicted molar refractivity (Wildman–Crippen MR) is 118 cm³/mol. The Hall–Kier alpha value is -3.49. The van der Waals surface area contributed by atoms with Crippen LogP contribution in [0.25, 0.3) is 22.2 Å². The van der Waals surface area contributed by atoms with Crippen molar-refractivity contribution in [2.75, 3.05) is 13.1 Å². The Labute approximate surface area is 193 Å². The molecule has 0 spiro atoms. The monoisotopic (exact) mass is 469 g/mol. The van der Waals surface area contributed by atoms with E-state index in [0.717, 1.165) is 23.8 Å². The van der Waals surface area contributed by atoms with Gasteiger partial charge in [-0.1, -0.05) is 6.92 Å². The lowest BCUT2D eigenvalue weighted by molar-refractivity contribution is -0.119. The van der Waals surface area contributed by atoms with E-state index in [9.17, 15) is 23.2 Å². The van der Waals surface area contributed by atoms with Crippen molar-refractivity contribution >= 4 is 28.4 Å². The van der Waals surface area contributed by atoms with E-state index in [1.54, 1.807) is 13.0 Å². The summed E-state index contributed by atoms with van der Waals surface area (Å²) in [7, 11) is 0. The standard InChI is InChI=1S/C25H22F3N3O3/c1-2-21(32)17-10-29-20(9-22(33)13-3-4-13)23-16(17)8-19(30-23)15-6-5-14(7-18(15)26)24(34)31-11-25(27,28)12-31/h5-8,10,13,30H,2-4,9,11-12H2,1H3. The summed E-state index contributed by atoms with van der Waals surface area (Å²) in [4.78, 5) is 45.6. The number of nitrogens with one attached hydrogen (secondary N) is 1. The number of hydrogen-bond donors (Lipinski definition) is 1. The van der Waals surface area contributed by atoms with Crippen LogP contribution in [0, 0.1) is 11.7 Å². The second-order valence-electron chi connectivity index (χ2n) is 9.00. The number of hydrogen-bond acceptors (Lipinski definition) is 4. The highest BCUT2D eigenvalue weighted by atomic mass is 19.3. The minimum Gasteiger partial charge on any atom is -0.353 e. The van der Waals surface area contributed by atoms with E-state index in [1.165, 1.54) is 18.3 Å². The number of pyridine rings is 1. The summed E-state index contributed by atoms with van der Waals surface area (Å²) >= 11 is 0. The Morgan fingerprint density at radius 1 is 1.18 bits per heavy atom. The van der Waals surface area contributed by atoms with Gasteiger partial charge in [0.05, 0.1) is 30.7 Å². The number of nitrogens with zero attached hydrogens (tertiary/aromatic N) is 2. The number of halogens is 3. The number of carbonyl (C=O) groups excluding carboxylic acids is 3. The van der Waals surface area contributed by atoms with Crippen molar-refractivity contribution in [3.8, 4) is 11.3 Å². The van der Waals surface area contributed by atoms with Crippen LogP contribution in [0.1, 0.15) is 52.6 Å². The van der Waals surface area contributed by atoms with Gasteiger partial charge in [-0.25, -0.2) is 13.2 Å². The number of aromatic amines is 1. The Balaban J connectivity index is 1.51. The van der Waals surface area contributed by atoms with Gasteiger partial charge in [0.1, 0.15) is 11.6 Å². The third-order valence-corrected chi connectivity index (χ3v) is 6.38. The first-order valence-electron chi connectivity index (χ1n) is 11.2. The van der Waals surface area contributed by atoms with Crippen molar-refractivity contribution in [1.29, 1.82) is 0 Å². The molecule has 5 rings (SSSR count). The molecule has 0 radical (unpaired) electrons. The number of carbonyl (C=O) groups is 3. The molecule has 3 aromatic rings. The molecule has 1 amide bonds.